The second kappa shape index (κ2) is 9.41. The molecule has 0 aromatic heterocycles. The molecule has 0 fully saturated rings. The third-order valence-corrected chi connectivity index (χ3v) is 3.00. The van der Waals surface area contributed by atoms with Crippen molar-refractivity contribution in [2.24, 2.45) is 5.92 Å². The first-order valence-electron chi connectivity index (χ1n) is 7.13. The zero-order chi connectivity index (χ0) is 14.8. The van der Waals surface area contributed by atoms with Crippen molar-refractivity contribution < 1.29 is 9.84 Å². The minimum absolute atomic E-state index is 0.110. The Morgan fingerprint density at radius 2 is 1.90 bits per heavy atom. The summed E-state index contributed by atoms with van der Waals surface area (Å²) >= 11 is 0. The van der Waals surface area contributed by atoms with Gasteiger partial charge in [-0.05, 0) is 50.2 Å². The van der Waals surface area contributed by atoms with Crippen LogP contribution in [0, 0.1) is 17.8 Å². The van der Waals surface area contributed by atoms with Gasteiger partial charge in [-0.3, -0.25) is 0 Å². The number of likely N-dealkylation sites (N-methyl/N-ethyl adjacent to an activating group) is 1. The summed E-state index contributed by atoms with van der Waals surface area (Å²) in [6.45, 7) is 7.10. The SMILES string of the molecule is CC(C)CCN(C)CCOc1ccc(C#CCO)cc1. The van der Waals surface area contributed by atoms with E-state index in [0.717, 1.165) is 30.3 Å². The average molecular weight is 275 g/mol. The Kier molecular flexibility index (Phi) is 7.79. The lowest BCUT2D eigenvalue weighted by Gasteiger charge is -2.18. The molecule has 1 rings (SSSR count). The molecule has 1 aromatic rings. The molecule has 0 radical (unpaired) electrons. The second-order valence-corrected chi connectivity index (χ2v) is 5.32. The minimum atomic E-state index is -0.110. The molecule has 0 bridgehead atoms. The standard InChI is InChI=1S/C17H25NO2/c1-15(2)10-11-18(3)12-14-20-17-8-6-16(7-9-17)5-4-13-19/h6-9,15,19H,10-14H2,1-3H3. The molecule has 0 aliphatic rings. The highest BCUT2D eigenvalue weighted by Crippen LogP contribution is 2.11. The number of aliphatic hydroxyl groups excluding tert-OH is 1. The Morgan fingerprint density at radius 1 is 1.20 bits per heavy atom. The van der Waals surface area contributed by atoms with E-state index in [9.17, 15) is 0 Å². The molecule has 0 saturated heterocycles. The van der Waals surface area contributed by atoms with Crippen molar-refractivity contribution in [1.82, 2.24) is 4.90 Å². The van der Waals surface area contributed by atoms with E-state index in [1.165, 1.54) is 6.42 Å². The Balaban J connectivity index is 2.28. The van der Waals surface area contributed by atoms with E-state index in [0.29, 0.717) is 6.61 Å². The molecule has 3 nitrogen and oxygen atoms in total. The van der Waals surface area contributed by atoms with E-state index in [1.807, 2.05) is 24.3 Å². The molecule has 0 spiro atoms. The van der Waals surface area contributed by atoms with Gasteiger partial charge in [0.05, 0.1) is 0 Å². The molecule has 0 unspecified atom stereocenters. The maximum absolute atomic E-state index is 8.63. The van der Waals surface area contributed by atoms with Crippen LogP contribution in [0.25, 0.3) is 0 Å². The first-order valence-corrected chi connectivity index (χ1v) is 7.13. The van der Waals surface area contributed by atoms with E-state index < -0.39 is 0 Å². The first-order chi connectivity index (χ1) is 9.61. The smallest absolute Gasteiger partial charge is 0.119 e. The van der Waals surface area contributed by atoms with E-state index >= 15 is 0 Å². The van der Waals surface area contributed by atoms with Gasteiger partial charge < -0.3 is 14.7 Å². The molecule has 1 N–H and O–H groups in total. The molecular weight excluding hydrogens is 250 g/mol. The molecule has 0 aliphatic carbocycles. The normalized spacial score (nSPS) is 10.5. The average Bonchev–Trinajstić information content (AvgIpc) is 2.44. The topological polar surface area (TPSA) is 32.7 Å². The van der Waals surface area contributed by atoms with Crippen molar-refractivity contribution in [1.29, 1.82) is 0 Å². The second-order valence-electron chi connectivity index (χ2n) is 5.32. The number of nitrogens with zero attached hydrogens (tertiary/aromatic N) is 1. The van der Waals surface area contributed by atoms with E-state index in [4.69, 9.17) is 9.84 Å². The first kappa shape index (κ1) is 16.6. The molecule has 0 heterocycles. The van der Waals surface area contributed by atoms with Crippen LogP contribution in [-0.2, 0) is 0 Å². The van der Waals surface area contributed by atoms with Gasteiger partial charge >= 0.3 is 0 Å². The highest BCUT2D eigenvalue weighted by molar-refractivity contribution is 5.38. The Hall–Kier alpha value is -1.50. The van der Waals surface area contributed by atoms with Gasteiger partial charge in [0.15, 0.2) is 0 Å². The minimum Gasteiger partial charge on any atom is -0.492 e. The van der Waals surface area contributed by atoms with Crippen molar-refractivity contribution in [3.63, 3.8) is 0 Å². The largest absolute Gasteiger partial charge is 0.492 e. The number of aliphatic hydroxyl groups is 1. The van der Waals surface area contributed by atoms with Crippen LogP contribution in [0.2, 0.25) is 0 Å². The predicted octanol–water partition coefficient (Wildman–Crippen LogP) is 2.39. The third-order valence-electron chi connectivity index (χ3n) is 3.00. The zero-order valence-corrected chi connectivity index (χ0v) is 12.7. The van der Waals surface area contributed by atoms with Gasteiger partial charge in [0.1, 0.15) is 19.0 Å². The summed E-state index contributed by atoms with van der Waals surface area (Å²) in [6, 6.07) is 7.63. The van der Waals surface area contributed by atoms with Gasteiger partial charge in [-0.15, -0.1) is 0 Å². The van der Waals surface area contributed by atoms with Gasteiger partial charge in [-0.25, -0.2) is 0 Å². The number of hydrogen-bond donors (Lipinski definition) is 1. The van der Waals surface area contributed by atoms with Crippen molar-refractivity contribution in [3.05, 3.63) is 29.8 Å². The van der Waals surface area contributed by atoms with E-state index in [2.05, 4.69) is 37.6 Å². The summed E-state index contributed by atoms with van der Waals surface area (Å²) in [5, 5.41) is 8.63. The van der Waals surface area contributed by atoms with Gasteiger partial charge in [0.25, 0.3) is 0 Å². The van der Waals surface area contributed by atoms with Crippen molar-refractivity contribution >= 4 is 0 Å². The highest BCUT2D eigenvalue weighted by atomic mass is 16.5. The van der Waals surface area contributed by atoms with Crippen LogP contribution in [0.5, 0.6) is 5.75 Å². The van der Waals surface area contributed by atoms with Crippen LogP contribution in [0.15, 0.2) is 24.3 Å². The predicted molar refractivity (Wildman–Crippen MR) is 82.9 cm³/mol. The molecule has 0 aliphatic heterocycles. The van der Waals surface area contributed by atoms with Gasteiger partial charge in [0, 0.05) is 12.1 Å². The number of benzene rings is 1. The molecular formula is C17H25NO2. The fraction of sp³-hybridized carbons (Fsp3) is 0.529. The van der Waals surface area contributed by atoms with Gasteiger partial charge in [-0.1, -0.05) is 25.7 Å². The Morgan fingerprint density at radius 3 is 2.50 bits per heavy atom. The van der Waals surface area contributed by atoms with Gasteiger partial charge in [0.2, 0.25) is 0 Å². The van der Waals surface area contributed by atoms with Crippen molar-refractivity contribution in [2.75, 3.05) is 33.4 Å². The quantitative estimate of drug-likeness (QED) is 0.776. The van der Waals surface area contributed by atoms with Crippen LogP contribution >= 0.6 is 0 Å². The summed E-state index contributed by atoms with van der Waals surface area (Å²) < 4.78 is 5.70. The van der Waals surface area contributed by atoms with Crippen LogP contribution in [-0.4, -0.2) is 43.4 Å². The maximum Gasteiger partial charge on any atom is 0.119 e. The molecule has 110 valence electrons. The lowest BCUT2D eigenvalue weighted by Crippen LogP contribution is -2.26. The lowest BCUT2D eigenvalue weighted by molar-refractivity contribution is 0.230. The third kappa shape index (κ3) is 7.18. The Labute approximate surface area is 122 Å². The monoisotopic (exact) mass is 275 g/mol. The summed E-state index contributed by atoms with van der Waals surface area (Å²) in [4.78, 5) is 2.29. The Bertz CT molecular complexity index is 429. The van der Waals surface area contributed by atoms with E-state index in [-0.39, 0.29) is 6.61 Å². The van der Waals surface area contributed by atoms with Crippen LogP contribution in [0.4, 0.5) is 0 Å². The number of hydrogen-bond acceptors (Lipinski definition) is 3. The summed E-state index contributed by atoms with van der Waals surface area (Å²) in [5.74, 6) is 7.08. The molecule has 3 heteroatoms. The van der Waals surface area contributed by atoms with Gasteiger partial charge in [-0.2, -0.15) is 0 Å². The van der Waals surface area contributed by atoms with Crippen molar-refractivity contribution in [3.8, 4) is 17.6 Å². The van der Waals surface area contributed by atoms with Crippen LogP contribution in [0.3, 0.4) is 0 Å². The van der Waals surface area contributed by atoms with Crippen molar-refractivity contribution in [2.45, 2.75) is 20.3 Å². The fourth-order valence-electron chi connectivity index (χ4n) is 1.69. The molecule has 0 atom stereocenters. The number of rotatable bonds is 7. The zero-order valence-electron chi connectivity index (χ0n) is 12.7. The van der Waals surface area contributed by atoms with Crippen LogP contribution < -0.4 is 4.74 Å². The number of ether oxygens (including phenoxy) is 1. The maximum atomic E-state index is 8.63. The molecule has 20 heavy (non-hydrogen) atoms. The summed E-state index contributed by atoms with van der Waals surface area (Å²) in [6.07, 6.45) is 1.22. The summed E-state index contributed by atoms with van der Waals surface area (Å²) in [7, 11) is 2.12. The summed E-state index contributed by atoms with van der Waals surface area (Å²) in [5.41, 5.74) is 0.889. The highest BCUT2D eigenvalue weighted by Gasteiger charge is 2.01. The lowest BCUT2D eigenvalue weighted by atomic mass is 10.1. The molecule has 0 amide bonds. The molecule has 0 saturated carbocycles. The molecule has 1 aromatic carbocycles. The fourth-order valence-corrected chi connectivity index (χ4v) is 1.69. The van der Waals surface area contributed by atoms with E-state index in [1.54, 1.807) is 0 Å². The van der Waals surface area contributed by atoms with Crippen LogP contribution in [0.1, 0.15) is 25.8 Å².